The zero-order valence-corrected chi connectivity index (χ0v) is 17.2. The first kappa shape index (κ1) is 23.5. The zero-order valence-electron chi connectivity index (χ0n) is 14.8. The SMILES string of the molecule is Cl.Cl.O=C(NCC(c1cccc(Cl)c1)N1CCOCC1)[C@H]1CCCCN1. The summed E-state index contributed by atoms with van der Waals surface area (Å²) in [6.45, 7) is 4.73. The molecule has 2 fully saturated rings. The van der Waals surface area contributed by atoms with Crippen LogP contribution < -0.4 is 10.6 Å². The van der Waals surface area contributed by atoms with Gasteiger partial charge in [-0.15, -0.1) is 24.8 Å². The maximum absolute atomic E-state index is 12.4. The van der Waals surface area contributed by atoms with Gasteiger partial charge in [0.1, 0.15) is 0 Å². The molecule has 2 aliphatic heterocycles. The minimum atomic E-state index is -0.0524. The molecule has 0 aliphatic carbocycles. The van der Waals surface area contributed by atoms with Crippen molar-refractivity contribution >= 4 is 42.3 Å². The molecule has 2 N–H and O–H groups in total. The molecule has 0 radical (unpaired) electrons. The second kappa shape index (κ2) is 12.0. The van der Waals surface area contributed by atoms with E-state index in [1.807, 2.05) is 18.2 Å². The highest BCUT2D eigenvalue weighted by molar-refractivity contribution is 6.30. The Hall–Kier alpha value is -0.560. The first-order valence-corrected chi connectivity index (χ1v) is 9.20. The van der Waals surface area contributed by atoms with Crippen molar-refractivity contribution in [1.82, 2.24) is 15.5 Å². The minimum Gasteiger partial charge on any atom is -0.379 e. The summed E-state index contributed by atoms with van der Waals surface area (Å²) in [5.41, 5.74) is 1.14. The third-order valence-corrected chi connectivity index (χ3v) is 5.05. The van der Waals surface area contributed by atoms with Gasteiger partial charge in [-0.3, -0.25) is 9.69 Å². The van der Waals surface area contributed by atoms with Crippen LogP contribution in [0, 0.1) is 0 Å². The molecule has 1 amide bonds. The summed E-state index contributed by atoms with van der Waals surface area (Å²) in [6.07, 6.45) is 3.19. The standard InChI is InChI=1S/C18H26ClN3O2.2ClH/c19-15-5-3-4-14(12-15)17(22-8-10-24-11-9-22)13-21-18(23)16-6-1-2-7-20-16;;/h3-5,12,16-17,20H,1-2,6-11,13H2,(H,21,23);2*1H/t16-,17?;;/m1../s1. The average Bonchev–Trinajstić information content (AvgIpc) is 2.63. The third kappa shape index (κ3) is 6.55. The molecule has 0 spiro atoms. The lowest BCUT2D eigenvalue weighted by Gasteiger charge is -2.35. The van der Waals surface area contributed by atoms with Gasteiger partial charge in [-0.2, -0.15) is 0 Å². The highest BCUT2D eigenvalue weighted by atomic mass is 35.5. The van der Waals surface area contributed by atoms with Crippen LogP contribution in [-0.4, -0.2) is 56.2 Å². The van der Waals surface area contributed by atoms with Crippen molar-refractivity contribution < 1.29 is 9.53 Å². The lowest BCUT2D eigenvalue weighted by atomic mass is 10.0. The van der Waals surface area contributed by atoms with E-state index in [-0.39, 0.29) is 42.8 Å². The Morgan fingerprint density at radius 2 is 2.08 bits per heavy atom. The van der Waals surface area contributed by atoms with E-state index >= 15 is 0 Å². The van der Waals surface area contributed by atoms with Crippen molar-refractivity contribution in [2.75, 3.05) is 39.4 Å². The van der Waals surface area contributed by atoms with E-state index in [0.29, 0.717) is 6.54 Å². The van der Waals surface area contributed by atoms with Gasteiger partial charge >= 0.3 is 0 Å². The Morgan fingerprint density at radius 1 is 1.31 bits per heavy atom. The Balaban J connectivity index is 0.00000169. The number of carbonyl (C=O) groups excluding carboxylic acids is 1. The number of benzene rings is 1. The number of hydrogen-bond donors (Lipinski definition) is 2. The third-order valence-electron chi connectivity index (χ3n) is 4.82. The van der Waals surface area contributed by atoms with Crippen molar-refractivity contribution in [3.63, 3.8) is 0 Å². The highest BCUT2D eigenvalue weighted by Gasteiger charge is 2.25. The molecule has 1 aromatic rings. The van der Waals surface area contributed by atoms with Crippen LogP contribution in [0.2, 0.25) is 5.02 Å². The molecule has 2 atom stereocenters. The minimum absolute atomic E-state index is 0. The fourth-order valence-electron chi connectivity index (χ4n) is 3.46. The van der Waals surface area contributed by atoms with Gasteiger partial charge in [0.15, 0.2) is 0 Å². The molecule has 0 saturated carbocycles. The van der Waals surface area contributed by atoms with Gasteiger partial charge in [-0.25, -0.2) is 0 Å². The summed E-state index contributed by atoms with van der Waals surface area (Å²) in [7, 11) is 0. The van der Waals surface area contributed by atoms with E-state index in [1.165, 1.54) is 0 Å². The first-order valence-electron chi connectivity index (χ1n) is 8.82. The molecular formula is C18H28Cl3N3O2. The number of morpholine rings is 1. The summed E-state index contributed by atoms with van der Waals surface area (Å²) in [5.74, 6) is 0.106. The van der Waals surface area contributed by atoms with Crippen LogP contribution in [0.3, 0.4) is 0 Å². The predicted molar refractivity (Wildman–Crippen MR) is 110 cm³/mol. The number of nitrogens with one attached hydrogen (secondary N) is 2. The fourth-order valence-corrected chi connectivity index (χ4v) is 3.66. The number of rotatable bonds is 5. The summed E-state index contributed by atoms with van der Waals surface area (Å²) in [6, 6.07) is 7.99. The number of amides is 1. The van der Waals surface area contributed by atoms with Crippen LogP contribution in [0.5, 0.6) is 0 Å². The normalized spacial score (nSPS) is 21.8. The maximum atomic E-state index is 12.4. The van der Waals surface area contributed by atoms with Gasteiger partial charge in [-0.05, 0) is 37.1 Å². The molecule has 26 heavy (non-hydrogen) atoms. The van der Waals surface area contributed by atoms with E-state index in [1.54, 1.807) is 0 Å². The second-order valence-corrected chi connectivity index (χ2v) is 6.90. The van der Waals surface area contributed by atoms with Crippen molar-refractivity contribution in [3.8, 4) is 0 Å². The molecule has 2 aliphatic rings. The van der Waals surface area contributed by atoms with E-state index in [0.717, 1.165) is 62.7 Å². The Labute approximate surface area is 173 Å². The monoisotopic (exact) mass is 423 g/mol. The smallest absolute Gasteiger partial charge is 0.237 e. The second-order valence-electron chi connectivity index (χ2n) is 6.47. The van der Waals surface area contributed by atoms with Crippen molar-refractivity contribution in [2.24, 2.45) is 0 Å². The van der Waals surface area contributed by atoms with Crippen LogP contribution in [0.15, 0.2) is 24.3 Å². The van der Waals surface area contributed by atoms with Crippen molar-refractivity contribution in [2.45, 2.75) is 31.3 Å². The van der Waals surface area contributed by atoms with Gasteiger partial charge in [0, 0.05) is 24.7 Å². The van der Waals surface area contributed by atoms with Gasteiger partial charge < -0.3 is 15.4 Å². The summed E-state index contributed by atoms with van der Waals surface area (Å²) >= 11 is 6.17. The van der Waals surface area contributed by atoms with E-state index in [4.69, 9.17) is 16.3 Å². The van der Waals surface area contributed by atoms with Gasteiger partial charge in [0.05, 0.1) is 25.3 Å². The van der Waals surface area contributed by atoms with Crippen molar-refractivity contribution in [3.05, 3.63) is 34.9 Å². The Kier molecular flexibility index (Phi) is 10.8. The molecule has 2 saturated heterocycles. The van der Waals surface area contributed by atoms with E-state index in [2.05, 4.69) is 21.6 Å². The van der Waals surface area contributed by atoms with Crippen LogP contribution in [0.1, 0.15) is 30.9 Å². The Bertz CT molecular complexity index is 550. The molecule has 1 unspecified atom stereocenters. The molecule has 0 bridgehead atoms. The summed E-state index contributed by atoms with van der Waals surface area (Å²) < 4.78 is 5.47. The first-order chi connectivity index (χ1) is 11.7. The number of piperidine rings is 1. The molecular weight excluding hydrogens is 397 g/mol. The highest BCUT2D eigenvalue weighted by Crippen LogP contribution is 2.24. The number of carbonyl (C=O) groups is 1. The molecule has 5 nitrogen and oxygen atoms in total. The lowest BCUT2D eigenvalue weighted by molar-refractivity contribution is -0.124. The zero-order chi connectivity index (χ0) is 16.8. The molecule has 0 aromatic heterocycles. The summed E-state index contributed by atoms with van der Waals surface area (Å²) in [4.78, 5) is 14.8. The number of halogens is 3. The molecule has 8 heteroatoms. The number of ether oxygens (including phenoxy) is 1. The van der Waals surface area contributed by atoms with Crippen molar-refractivity contribution in [1.29, 1.82) is 0 Å². The van der Waals surface area contributed by atoms with Crippen LogP contribution in [0.25, 0.3) is 0 Å². The fraction of sp³-hybridized carbons (Fsp3) is 0.611. The largest absolute Gasteiger partial charge is 0.379 e. The van der Waals surface area contributed by atoms with Crippen LogP contribution in [-0.2, 0) is 9.53 Å². The summed E-state index contributed by atoms with van der Waals surface area (Å²) in [5, 5.41) is 7.17. The molecule has 2 heterocycles. The van der Waals surface area contributed by atoms with Gasteiger partial charge in [-0.1, -0.05) is 30.2 Å². The maximum Gasteiger partial charge on any atom is 0.237 e. The van der Waals surface area contributed by atoms with E-state index < -0.39 is 0 Å². The quantitative estimate of drug-likeness (QED) is 0.763. The molecule has 1 aromatic carbocycles. The molecule has 3 rings (SSSR count). The number of nitrogens with zero attached hydrogens (tertiary/aromatic N) is 1. The van der Waals surface area contributed by atoms with Crippen LogP contribution >= 0.6 is 36.4 Å². The Morgan fingerprint density at radius 3 is 2.73 bits per heavy atom. The van der Waals surface area contributed by atoms with E-state index in [9.17, 15) is 4.79 Å². The lowest BCUT2D eigenvalue weighted by Crippen LogP contribution is -2.49. The average molecular weight is 425 g/mol. The number of hydrogen-bond acceptors (Lipinski definition) is 4. The van der Waals surface area contributed by atoms with Gasteiger partial charge in [0.25, 0.3) is 0 Å². The molecule has 148 valence electrons. The topological polar surface area (TPSA) is 53.6 Å². The van der Waals surface area contributed by atoms with Gasteiger partial charge in [0.2, 0.25) is 5.91 Å². The van der Waals surface area contributed by atoms with Crippen LogP contribution in [0.4, 0.5) is 0 Å². The predicted octanol–water partition coefficient (Wildman–Crippen LogP) is 2.82.